The Balaban J connectivity index is 1.65. The third-order valence-electron chi connectivity index (χ3n) is 4.67. The van der Waals surface area contributed by atoms with Gasteiger partial charge in [-0.1, -0.05) is 0 Å². The first-order chi connectivity index (χ1) is 11.6. The Hall–Kier alpha value is -2.61. The van der Waals surface area contributed by atoms with E-state index >= 15 is 0 Å². The van der Waals surface area contributed by atoms with Crippen LogP contribution < -0.4 is 15.4 Å². The lowest BCUT2D eigenvalue weighted by molar-refractivity contribution is -0.136. The maximum atomic E-state index is 12.7. The lowest BCUT2D eigenvalue weighted by Crippen LogP contribution is -2.52. The molecule has 126 valence electrons. The Morgan fingerprint density at radius 3 is 2.88 bits per heavy atom. The predicted molar refractivity (Wildman–Crippen MR) is 82.5 cm³/mol. The van der Waals surface area contributed by atoms with E-state index in [4.69, 9.17) is 4.74 Å². The second-order valence-electron chi connectivity index (χ2n) is 6.17. The summed E-state index contributed by atoms with van der Waals surface area (Å²) >= 11 is 0. The molecule has 3 amide bonds. The molecule has 0 aliphatic carbocycles. The van der Waals surface area contributed by atoms with Crippen molar-refractivity contribution >= 4 is 23.4 Å². The molecule has 3 aliphatic rings. The Kier molecular flexibility index (Phi) is 3.42. The Labute approximate surface area is 137 Å². The number of imide groups is 1. The summed E-state index contributed by atoms with van der Waals surface area (Å²) < 4.78 is 5.81. The highest BCUT2D eigenvalue weighted by molar-refractivity contribution is 6.06. The number of carbonyl (C=O) groups is 3. The van der Waals surface area contributed by atoms with Crippen molar-refractivity contribution in [2.75, 3.05) is 18.5 Å². The number of hydrogen-bond acceptors (Lipinski definition) is 6. The van der Waals surface area contributed by atoms with Gasteiger partial charge in [0.25, 0.3) is 5.91 Å². The molecule has 3 N–H and O–H groups in total. The zero-order valence-electron chi connectivity index (χ0n) is 12.9. The number of aliphatic hydroxyl groups excluding tert-OH is 1. The highest BCUT2D eigenvalue weighted by atomic mass is 16.5. The monoisotopic (exact) mass is 331 g/mol. The largest absolute Gasteiger partial charge is 0.484 e. The van der Waals surface area contributed by atoms with Crippen LogP contribution in [-0.4, -0.2) is 53.0 Å². The lowest BCUT2D eigenvalue weighted by Gasteiger charge is -2.30. The fraction of sp³-hybridized carbons (Fsp3) is 0.438. The van der Waals surface area contributed by atoms with Gasteiger partial charge in [-0.2, -0.15) is 0 Å². The average Bonchev–Trinajstić information content (AvgIpc) is 2.91. The molecule has 0 aromatic heterocycles. The molecule has 1 saturated heterocycles. The number of hydrogen-bond donors (Lipinski definition) is 3. The summed E-state index contributed by atoms with van der Waals surface area (Å²) in [7, 11) is 0. The van der Waals surface area contributed by atoms with Gasteiger partial charge in [-0.3, -0.25) is 19.7 Å². The summed E-state index contributed by atoms with van der Waals surface area (Å²) in [5, 5.41) is 14.8. The number of nitrogens with one attached hydrogen (secondary N) is 2. The van der Waals surface area contributed by atoms with Crippen molar-refractivity contribution in [2.45, 2.75) is 31.5 Å². The third-order valence-corrected chi connectivity index (χ3v) is 4.67. The Bertz CT molecular complexity index is 747. The molecular weight excluding hydrogens is 314 g/mol. The highest BCUT2D eigenvalue weighted by Gasteiger charge is 2.41. The molecule has 0 spiro atoms. The fourth-order valence-corrected chi connectivity index (χ4v) is 3.42. The van der Waals surface area contributed by atoms with Gasteiger partial charge >= 0.3 is 0 Å². The first-order valence-corrected chi connectivity index (χ1v) is 7.90. The number of aliphatic hydroxyl groups is 1. The molecule has 3 aliphatic heterocycles. The number of anilines is 1. The van der Waals surface area contributed by atoms with Gasteiger partial charge < -0.3 is 20.1 Å². The normalized spacial score (nSPS) is 25.5. The van der Waals surface area contributed by atoms with Crippen LogP contribution in [0.5, 0.6) is 5.75 Å². The van der Waals surface area contributed by atoms with E-state index in [1.807, 2.05) is 0 Å². The second-order valence-corrected chi connectivity index (χ2v) is 6.17. The van der Waals surface area contributed by atoms with E-state index in [0.717, 1.165) is 5.69 Å². The zero-order valence-corrected chi connectivity index (χ0v) is 12.9. The van der Waals surface area contributed by atoms with E-state index in [1.54, 1.807) is 12.1 Å². The number of ether oxygens (including phenoxy) is 1. The lowest BCUT2D eigenvalue weighted by atomic mass is 10.0. The number of fused-ring (bicyclic) bond motifs is 3. The molecule has 3 heterocycles. The number of piperidine rings is 1. The van der Waals surface area contributed by atoms with E-state index in [0.29, 0.717) is 29.8 Å². The van der Waals surface area contributed by atoms with E-state index in [2.05, 4.69) is 10.6 Å². The molecule has 4 rings (SSSR count). The van der Waals surface area contributed by atoms with Crippen molar-refractivity contribution < 1.29 is 24.2 Å². The van der Waals surface area contributed by atoms with Crippen LogP contribution in [0.3, 0.4) is 0 Å². The number of rotatable bonds is 2. The van der Waals surface area contributed by atoms with Gasteiger partial charge in [0.15, 0.2) is 0 Å². The quantitative estimate of drug-likeness (QED) is 0.637. The van der Waals surface area contributed by atoms with Gasteiger partial charge in [0, 0.05) is 17.5 Å². The van der Waals surface area contributed by atoms with E-state index in [9.17, 15) is 19.5 Å². The van der Waals surface area contributed by atoms with E-state index in [1.165, 1.54) is 4.90 Å². The average molecular weight is 331 g/mol. The third kappa shape index (κ3) is 2.22. The van der Waals surface area contributed by atoms with Crippen LogP contribution in [-0.2, 0) is 16.1 Å². The Morgan fingerprint density at radius 1 is 1.29 bits per heavy atom. The van der Waals surface area contributed by atoms with Crippen LogP contribution >= 0.6 is 0 Å². The Morgan fingerprint density at radius 2 is 2.12 bits per heavy atom. The summed E-state index contributed by atoms with van der Waals surface area (Å²) in [4.78, 5) is 37.6. The molecule has 8 heteroatoms. The topological polar surface area (TPSA) is 108 Å². The van der Waals surface area contributed by atoms with Gasteiger partial charge in [0.2, 0.25) is 11.8 Å². The van der Waals surface area contributed by atoms with E-state index < -0.39 is 11.9 Å². The summed E-state index contributed by atoms with van der Waals surface area (Å²) in [6.45, 7) is 0.622. The molecule has 1 aromatic rings. The number of amides is 3. The van der Waals surface area contributed by atoms with Crippen LogP contribution in [0.15, 0.2) is 12.1 Å². The molecule has 24 heavy (non-hydrogen) atoms. The van der Waals surface area contributed by atoms with Gasteiger partial charge in [-0.25, -0.2) is 0 Å². The summed E-state index contributed by atoms with van der Waals surface area (Å²) in [6, 6.07) is 2.84. The van der Waals surface area contributed by atoms with Crippen molar-refractivity contribution in [3.05, 3.63) is 23.3 Å². The summed E-state index contributed by atoms with van der Waals surface area (Å²) in [5.41, 5.74) is 1.99. The molecule has 2 atom stereocenters. The minimum Gasteiger partial charge on any atom is -0.484 e. The van der Waals surface area contributed by atoms with Gasteiger partial charge in [0.1, 0.15) is 17.9 Å². The SMILES string of the molecule is O=C1CC[C@H](N2Cc3c(ccc4c3O[C@H](CO)CN4)C2=O)C(=O)N1. The fourth-order valence-electron chi connectivity index (χ4n) is 3.42. The van der Waals surface area contributed by atoms with Gasteiger partial charge in [-0.05, 0) is 18.6 Å². The van der Waals surface area contributed by atoms with Crippen LogP contribution in [0, 0.1) is 0 Å². The molecule has 0 saturated carbocycles. The number of nitrogens with zero attached hydrogens (tertiary/aromatic N) is 1. The van der Waals surface area contributed by atoms with E-state index in [-0.39, 0.29) is 37.5 Å². The smallest absolute Gasteiger partial charge is 0.255 e. The molecule has 8 nitrogen and oxygen atoms in total. The summed E-state index contributed by atoms with van der Waals surface area (Å²) in [5.74, 6) is -0.428. The first kappa shape index (κ1) is 14.9. The molecule has 1 aromatic carbocycles. The maximum absolute atomic E-state index is 12.7. The van der Waals surface area contributed by atoms with Crippen LogP contribution in [0.1, 0.15) is 28.8 Å². The van der Waals surface area contributed by atoms with Gasteiger partial charge in [0.05, 0.1) is 25.4 Å². The van der Waals surface area contributed by atoms with Crippen LogP contribution in [0.2, 0.25) is 0 Å². The van der Waals surface area contributed by atoms with Crippen LogP contribution in [0.4, 0.5) is 5.69 Å². The highest BCUT2D eigenvalue weighted by Crippen LogP contribution is 2.40. The molecule has 1 fully saturated rings. The second kappa shape index (κ2) is 5.48. The first-order valence-electron chi connectivity index (χ1n) is 7.90. The minimum absolute atomic E-state index is 0.124. The molecule has 0 radical (unpaired) electrons. The molecular formula is C16H17N3O5. The maximum Gasteiger partial charge on any atom is 0.255 e. The molecule has 0 unspecified atom stereocenters. The zero-order chi connectivity index (χ0) is 16.8. The van der Waals surface area contributed by atoms with Crippen molar-refractivity contribution in [1.82, 2.24) is 10.2 Å². The number of carbonyl (C=O) groups excluding carboxylic acids is 3. The standard InChI is InChI=1S/C16H17N3O5/c20-7-8-5-17-11-2-1-9-10(14(11)24-8)6-19(16(9)23)12-3-4-13(21)18-15(12)22/h1-2,8,12,17,20H,3-7H2,(H,18,21,22)/t8-,12-/m0/s1. The number of benzene rings is 1. The van der Waals surface area contributed by atoms with Crippen LogP contribution in [0.25, 0.3) is 0 Å². The van der Waals surface area contributed by atoms with Crippen molar-refractivity contribution in [3.63, 3.8) is 0 Å². The summed E-state index contributed by atoms with van der Waals surface area (Å²) in [6.07, 6.45) is 0.174. The predicted octanol–water partition coefficient (Wildman–Crippen LogP) is -0.387. The molecule has 0 bridgehead atoms. The van der Waals surface area contributed by atoms with Gasteiger partial charge in [-0.15, -0.1) is 0 Å². The van der Waals surface area contributed by atoms with Crippen molar-refractivity contribution in [2.24, 2.45) is 0 Å². The van der Waals surface area contributed by atoms with Crippen molar-refractivity contribution in [3.8, 4) is 5.75 Å². The van der Waals surface area contributed by atoms with Crippen molar-refractivity contribution in [1.29, 1.82) is 0 Å². The minimum atomic E-state index is -0.650.